The first-order valence-electron chi connectivity index (χ1n) is 6.97. The topological polar surface area (TPSA) is 58.1 Å². The lowest BCUT2D eigenvalue weighted by Crippen LogP contribution is -2.31. The van der Waals surface area contributed by atoms with Crippen LogP contribution in [0.1, 0.15) is 33.4 Å². The Morgan fingerprint density at radius 3 is 2.59 bits per heavy atom. The molecule has 7 heteroatoms. The number of aryl methyl sites for hydroxylation is 1. The molecule has 0 aliphatic heterocycles. The summed E-state index contributed by atoms with van der Waals surface area (Å²) in [5, 5.41) is 6.83. The van der Waals surface area contributed by atoms with Crippen molar-refractivity contribution >= 4 is 17.4 Å². The molecule has 1 amide bonds. The monoisotopic (exact) mass is 322 g/mol. The van der Waals surface area contributed by atoms with Crippen LogP contribution in [-0.4, -0.2) is 41.0 Å². The Morgan fingerprint density at radius 2 is 2.05 bits per heavy atom. The van der Waals surface area contributed by atoms with Gasteiger partial charge in [-0.2, -0.15) is 0 Å². The van der Waals surface area contributed by atoms with Gasteiger partial charge in [0.25, 0.3) is 5.91 Å². The van der Waals surface area contributed by atoms with Gasteiger partial charge in [-0.25, -0.2) is 4.39 Å². The molecule has 22 heavy (non-hydrogen) atoms. The maximum Gasteiger partial charge on any atom is 0.273 e. The molecule has 1 aromatic heterocycles. The van der Waals surface area contributed by atoms with Gasteiger partial charge in [-0.05, 0) is 63.2 Å². The van der Waals surface area contributed by atoms with Crippen LogP contribution in [0.4, 0.5) is 4.39 Å². The van der Waals surface area contributed by atoms with Gasteiger partial charge >= 0.3 is 0 Å². The first-order valence-corrected chi connectivity index (χ1v) is 7.74. The van der Waals surface area contributed by atoms with Crippen LogP contribution < -0.4 is 5.32 Å². The average molecular weight is 322 g/mol. The van der Waals surface area contributed by atoms with E-state index in [4.69, 9.17) is 0 Å². The molecule has 1 atom stereocenters. The lowest BCUT2D eigenvalue weighted by molar-refractivity contribution is 0.0927. The fourth-order valence-corrected chi connectivity index (χ4v) is 2.54. The molecule has 0 bridgehead atoms. The fraction of sp³-hybridized carbons (Fsp3) is 0.400. The van der Waals surface area contributed by atoms with Gasteiger partial charge in [0, 0.05) is 0 Å². The Morgan fingerprint density at radius 1 is 1.36 bits per heavy atom. The van der Waals surface area contributed by atoms with Crippen LogP contribution in [0.15, 0.2) is 24.3 Å². The molecule has 0 spiro atoms. The van der Waals surface area contributed by atoms with Gasteiger partial charge in [0.1, 0.15) is 5.82 Å². The summed E-state index contributed by atoms with van der Waals surface area (Å²) in [6, 6.07) is 6.00. The Bertz CT molecular complexity index is 627. The van der Waals surface area contributed by atoms with Gasteiger partial charge in [-0.1, -0.05) is 16.6 Å². The zero-order valence-electron chi connectivity index (χ0n) is 12.8. The summed E-state index contributed by atoms with van der Waals surface area (Å²) in [5.41, 5.74) is 1.22. The van der Waals surface area contributed by atoms with Crippen molar-refractivity contribution < 1.29 is 9.18 Å². The summed E-state index contributed by atoms with van der Waals surface area (Å²) in [7, 11) is 3.94. The molecule has 0 fully saturated rings. The van der Waals surface area contributed by atoms with E-state index in [1.165, 1.54) is 23.7 Å². The second-order valence-electron chi connectivity index (χ2n) is 5.35. The lowest BCUT2D eigenvalue weighted by Gasteiger charge is -2.21. The Labute approximate surface area is 133 Å². The molecule has 2 aromatic rings. The summed E-state index contributed by atoms with van der Waals surface area (Å²) >= 11 is 1.20. The van der Waals surface area contributed by atoms with Gasteiger partial charge in [-0.3, -0.25) is 4.79 Å². The fourth-order valence-electron chi connectivity index (χ4n) is 2.07. The molecule has 1 unspecified atom stereocenters. The maximum absolute atomic E-state index is 13.1. The molecule has 0 radical (unpaired) electrons. The number of nitrogens with one attached hydrogen (secondary N) is 1. The molecule has 1 aromatic carbocycles. The van der Waals surface area contributed by atoms with Gasteiger partial charge in [0.2, 0.25) is 0 Å². The average Bonchev–Trinajstić information content (AvgIpc) is 2.90. The SMILES string of the molecule is Cc1snnc1C(=O)NC(CCN(C)C)c1ccc(F)cc1. The standard InChI is InChI=1S/C15H19FN4OS/c1-10-14(18-19-22-10)15(21)17-13(8-9-20(2)3)11-4-6-12(16)7-5-11/h4-7,13H,8-9H2,1-3H3,(H,17,21). The van der Waals surface area contributed by atoms with Crippen molar-refractivity contribution in [3.05, 3.63) is 46.2 Å². The van der Waals surface area contributed by atoms with Crippen LogP contribution in [0, 0.1) is 12.7 Å². The predicted molar refractivity (Wildman–Crippen MR) is 84.4 cm³/mol. The molecule has 118 valence electrons. The number of aromatic nitrogens is 2. The Kier molecular flexibility index (Phi) is 5.57. The second kappa shape index (κ2) is 7.42. The van der Waals surface area contributed by atoms with Crippen molar-refractivity contribution in [2.75, 3.05) is 20.6 Å². The second-order valence-corrected chi connectivity index (χ2v) is 6.31. The lowest BCUT2D eigenvalue weighted by atomic mass is 10.0. The van der Waals surface area contributed by atoms with E-state index in [1.54, 1.807) is 12.1 Å². The molecule has 0 saturated heterocycles. The first-order chi connectivity index (χ1) is 10.5. The number of carbonyl (C=O) groups excluding carboxylic acids is 1. The zero-order valence-corrected chi connectivity index (χ0v) is 13.7. The van der Waals surface area contributed by atoms with E-state index in [0.29, 0.717) is 5.69 Å². The van der Waals surface area contributed by atoms with Gasteiger partial charge in [-0.15, -0.1) is 5.10 Å². The summed E-state index contributed by atoms with van der Waals surface area (Å²) in [4.78, 5) is 15.1. The third-order valence-electron chi connectivity index (χ3n) is 3.31. The number of amides is 1. The third-order valence-corrected chi connectivity index (χ3v) is 3.94. The molecule has 2 rings (SSSR count). The van der Waals surface area contributed by atoms with Crippen LogP contribution >= 0.6 is 11.5 Å². The maximum atomic E-state index is 13.1. The quantitative estimate of drug-likeness (QED) is 0.887. The highest BCUT2D eigenvalue weighted by Gasteiger charge is 2.19. The number of carbonyl (C=O) groups is 1. The number of rotatable bonds is 6. The van der Waals surface area contributed by atoms with E-state index in [1.807, 2.05) is 25.9 Å². The number of halogens is 1. The van der Waals surface area contributed by atoms with Crippen molar-refractivity contribution in [3.8, 4) is 0 Å². The minimum absolute atomic E-state index is 0.198. The molecule has 0 aliphatic rings. The van der Waals surface area contributed by atoms with Crippen LogP contribution in [0.2, 0.25) is 0 Å². The molecule has 0 aliphatic carbocycles. The molecule has 1 N–H and O–H groups in total. The van der Waals surface area contributed by atoms with Gasteiger partial charge < -0.3 is 10.2 Å². The van der Waals surface area contributed by atoms with E-state index < -0.39 is 0 Å². The molecule has 5 nitrogen and oxygen atoms in total. The largest absolute Gasteiger partial charge is 0.344 e. The highest BCUT2D eigenvalue weighted by Crippen LogP contribution is 2.19. The van der Waals surface area contributed by atoms with Gasteiger partial charge in [0.05, 0.1) is 10.9 Å². The zero-order chi connectivity index (χ0) is 16.1. The normalized spacial score (nSPS) is 12.4. The van der Waals surface area contributed by atoms with E-state index >= 15 is 0 Å². The smallest absolute Gasteiger partial charge is 0.273 e. The minimum atomic E-state index is -0.291. The number of hydrogen-bond donors (Lipinski definition) is 1. The molecular formula is C15H19FN4OS. The minimum Gasteiger partial charge on any atom is -0.344 e. The molecular weight excluding hydrogens is 303 g/mol. The van der Waals surface area contributed by atoms with Crippen LogP contribution in [0.3, 0.4) is 0 Å². The summed E-state index contributed by atoms with van der Waals surface area (Å²) < 4.78 is 16.9. The Hall–Kier alpha value is -1.86. The Balaban J connectivity index is 2.15. The number of benzene rings is 1. The van der Waals surface area contributed by atoms with Crippen molar-refractivity contribution in [2.45, 2.75) is 19.4 Å². The van der Waals surface area contributed by atoms with Crippen LogP contribution in [0.5, 0.6) is 0 Å². The van der Waals surface area contributed by atoms with Crippen molar-refractivity contribution in [2.24, 2.45) is 0 Å². The van der Waals surface area contributed by atoms with Crippen molar-refractivity contribution in [3.63, 3.8) is 0 Å². The van der Waals surface area contributed by atoms with E-state index in [9.17, 15) is 9.18 Å². The predicted octanol–water partition coefficient (Wildman–Crippen LogP) is 2.41. The van der Waals surface area contributed by atoms with Crippen molar-refractivity contribution in [1.82, 2.24) is 19.8 Å². The third kappa shape index (κ3) is 4.32. The highest BCUT2D eigenvalue weighted by atomic mass is 32.1. The van der Waals surface area contributed by atoms with Crippen LogP contribution in [-0.2, 0) is 0 Å². The number of nitrogens with zero attached hydrogens (tertiary/aromatic N) is 3. The van der Waals surface area contributed by atoms with E-state index in [0.717, 1.165) is 23.4 Å². The number of hydrogen-bond acceptors (Lipinski definition) is 5. The molecule has 0 saturated carbocycles. The summed E-state index contributed by atoms with van der Waals surface area (Å²) in [5.74, 6) is -0.541. The highest BCUT2D eigenvalue weighted by molar-refractivity contribution is 7.05. The summed E-state index contributed by atoms with van der Waals surface area (Å²) in [6.07, 6.45) is 0.723. The first kappa shape index (κ1) is 16.5. The van der Waals surface area contributed by atoms with E-state index in [-0.39, 0.29) is 17.8 Å². The van der Waals surface area contributed by atoms with Crippen LogP contribution in [0.25, 0.3) is 0 Å². The van der Waals surface area contributed by atoms with Crippen molar-refractivity contribution in [1.29, 1.82) is 0 Å². The van der Waals surface area contributed by atoms with Gasteiger partial charge in [0.15, 0.2) is 5.69 Å². The summed E-state index contributed by atoms with van der Waals surface area (Å²) in [6.45, 7) is 2.61. The van der Waals surface area contributed by atoms with E-state index in [2.05, 4.69) is 14.9 Å². The molecule has 1 heterocycles.